The first-order valence-corrected chi connectivity index (χ1v) is 6.10. The van der Waals surface area contributed by atoms with Gasteiger partial charge in [-0.25, -0.2) is 0 Å². The van der Waals surface area contributed by atoms with Crippen molar-refractivity contribution in [3.05, 3.63) is 29.5 Å². The summed E-state index contributed by atoms with van der Waals surface area (Å²) in [4.78, 5) is 15.3. The number of nitrogens with one attached hydrogen (secondary N) is 1. The second kappa shape index (κ2) is 3.91. The van der Waals surface area contributed by atoms with Crippen LogP contribution in [0.5, 0.6) is 5.75 Å². The van der Waals surface area contributed by atoms with Crippen molar-refractivity contribution in [2.24, 2.45) is 0 Å². The lowest BCUT2D eigenvalue weighted by atomic mass is 9.94. The van der Waals surface area contributed by atoms with Crippen molar-refractivity contribution in [3.8, 4) is 5.75 Å². The number of hydrogen-bond acceptors (Lipinski definition) is 2. The second-order valence-electron chi connectivity index (χ2n) is 4.40. The van der Waals surface area contributed by atoms with E-state index in [1.165, 1.54) is 0 Å². The van der Waals surface area contributed by atoms with Crippen molar-refractivity contribution in [1.82, 2.24) is 4.98 Å². The quantitative estimate of drug-likeness (QED) is 0.859. The highest BCUT2D eigenvalue weighted by molar-refractivity contribution is 6.10. The average molecular weight is 229 g/mol. The smallest absolute Gasteiger partial charge is 0.165 e. The number of ketones is 1. The van der Waals surface area contributed by atoms with E-state index in [0.29, 0.717) is 13.0 Å². The zero-order valence-corrected chi connectivity index (χ0v) is 9.88. The fraction of sp³-hybridized carbons (Fsp3) is 0.357. The van der Waals surface area contributed by atoms with Gasteiger partial charge in [0.25, 0.3) is 0 Å². The molecule has 88 valence electrons. The van der Waals surface area contributed by atoms with Gasteiger partial charge in [0.2, 0.25) is 0 Å². The van der Waals surface area contributed by atoms with Crippen LogP contribution in [0.1, 0.15) is 35.8 Å². The van der Waals surface area contributed by atoms with Gasteiger partial charge in [0.05, 0.1) is 6.61 Å². The summed E-state index contributed by atoms with van der Waals surface area (Å²) in [6, 6.07) is 5.90. The fourth-order valence-electron chi connectivity index (χ4n) is 2.54. The molecule has 1 N–H and O–H groups in total. The number of carbonyl (C=O) groups is 1. The molecule has 0 saturated heterocycles. The maximum absolute atomic E-state index is 12.0. The molecule has 17 heavy (non-hydrogen) atoms. The molecular weight excluding hydrogens is 214 g/mol. The fourth-order valence-corrected chi connectivity index (χ4v) is 2.54. The molecule has 0 spiro atoms. The molecule has 3 nitrogen and oxygen atoms in total. The van der Waals surface area contributed by atoms with E-state index in [1.54, 1.807) is 0 Å². The summed E-state index contributed by atoms with van der Waals surface area (Å²) in [6.07, 6.45) is 2.59. The SMILES string of the molecule is CCOc1ccc2[nH]c3c(c2c1)C(=O)CCC3. The lowest BCUT2D eigenvalue weighted by molar-refractivity contribution is 0.0974. The molecule has 0 amide bonds. The van der Waals surface area contributed by atoms with Crippen LogP contribution < -0.4 is 4.74 Å². The summed E-state index contributed by atoms with van der Waals surface area (Å²) in [5.41, 5.74) is 3.01. The molecule has 0 fully saturated rings. The van der Waals surface area contributed by atoms with Crippen LogP contribution in [-0.2, 0) is 6.42 Å². The first-order chi connectivity index (χ1) is 8.29. The lowest BCUT2D eigenvalue weighted by Gasteiger charge is -2.09. The number of benzene rings is 1. The molecule has 0 atom stereocenters. The number of ether oxygens (including phenoxy) is 1. The summed E-state index contributed by atoms with van der Waals surface area (Å²) in [5.74, 6) is 1.09. The third kappa shape index (κ3) is 1.62. The minimum Gasteiger partial charge on any atom is -0.494 e. The number of aromatic nitrogens is 1. The van der Waals surface area contributed by atoms with Crippen LogP contribution in [0, 0.1) is 0 Å². The number of rotatable bonds is 2. The molecule has 1 aromatic carbocycles. The zero-order valence-electron chi connectivity index (χ0n) is 9.88. The Kier molecular flexibility index (Phi) is 2.39. The normalized spacial score (nSPS) is 15.0. The van der Waals surface area contributed by atoms with Crippen LogP contribution in [0.25, 0.3) is 10.9 Å². The highest BCUT2D eigenvalue weighted by atomic mass is 16.5. The van der Waals surface area contributed by atoms with Gasteiger partial charge in [0.15, 0.2) is 5.78 Å². The summed E-state index contributed by atoms with van der Waals surface area (Å²) in [7, 11) is 0. The Bertz CT molecular complexity index is 583. The van der Waals surface area contributed by atoms with Gasteiger partial charge in [-0.1, -0.05) is 0 Å². The van der Waals surface area contributed by atoms with E-state index in [1.807, 2.05) is 25.1 Å². The Balaban J connectivity index is 2.20. The van der Waals surface area contributed by atoms with Crippen LogP contribution >= 0.6 is 0 Å². The molecule has 0 bridgehead atoms. The predicted octanol–water partition coefficient (Wildman–Crippen LogP) is 3.09. The van der Waals surface area contributed by atoms with E-state index in [4.69, 9.17) is 4.74 Å². The Morgan fingerprint density at radius 2 is 2.24 bits per heavy atom. The maximum Gasteiger partial charge on any atom is 0.165 e. The predicted molar refractivity (Wildman–Crippen MR) is 66.7 cm³/mol. The van der Waals surface area contributed by atoms with E-state index >= 15 is 0 Å². The molecule has 0 radical (unpaired) electrons. The van der Waals surface area contributed by atoms with Gasteiger partial charge in [-0.2, -0.15) is 0 Å². The third-order valence-electron chi connectivity index (χ3n) is 3.27. The van der Waals surface area contributed by atoms with Crippen LogP contribution in [0.2, 0.25) is 0 Å². The van der Waals surface area contributed by atoms with Gasteiger partial charge >= 0.3 is 0 Å². The largest absolute Gasteiger partial charge is 0.494 e. The van der Waals surface area contributed by atoms with Crippen molar-refractivity contribution in [1.29, 1.82) is 0 Å². The highest BCUT2D eigenvalue weighted by Crippen LogP contribution is 2.31. The molecule has 1 aliphatic carbocycles. The van der Waals surface area contributed by atoms with E-state index in [2.05, 4.69) is 4.98 Å². The number of carbonyl (C=O) groups excluding carboxylic acids is 1. The zero-order chi connectivity index (χ0) is 11.8. The summed E-state index contributed by atoms with van der Waals surface area (Å²) in [6.45, 7) is 2.61. The monoisotopic (exact) mass is 229 g/mol. The topological polar surface area (TPSA) is 42.1 Å². The molecular formula is C14H15NO2. The minimum absolute atomic E-state index is 0.256. The molecule has 1 heterocycles. The number of hydrogen-bond donors (Lipinski definition) is 1. The molecule has 2 aromatic rings. The second-order valence-corrected chi connectivity index (χ2v) is 4.40. The van der Waals surface area contributed by atoms with Crippen LogP contribution in [-0.4, -0.2) is 17.4 Å². The van der Waals surface area contributed by atoms with E-state index in [9.17, 15) is 4.79 Å². The van der Waals surface area contributed by atoms with Gasteiger partial charge in [0.1, 0.15) is 5.75 Å². The number of aryl methyl sites for hydroxylation is 1. The summed E-state index contributed by atoms with van der Waals surface area (Å²) in [5, 5.41) is 1.01. The number of aromatic amines is 1. The number of fused-ring (bicyclic) bond motifs is 3. The Morgan fingerprint density at radius 3 is 3.06 bits per heavy atom. The lowest BCUT2D eigenvalue weighted by Crippen LogP contribution is -2.09. The van der Waals surface area contributed by atoms with Gasteiger partial charge < -0.3 is 9.72 Å². The van der Waals surface area contributed by atoms with Crippen molar-refractivity contribution in [3.63, 3.8) is 0 Å². The van der Waals surface area contributed by atoms with E-state index in [0.717, 1.165) is 40.8 Å². The summed E-state index contributed by atoms with van der Waals surface area (Å²) < 4.78 is 5.48. The number of Topliss-reactive ketones (excluding diaryl/α,β-unsaturated/α-hetero) is 1. The third-order valence-corrected chi connectivity index (χ3v) is 3.27. The van der Waals surface area contributed by atoms with Gasteiger partial charge in [0, 0.05) is 28.6 Å². The molecule has 0 unspecified atom stereocenters. The van der Waals surface area contributed by atoms with Gasteiger partial charge in [-0.3, -0.25) is 4.79 Å². The van der Waals surface area contributed by atoms with Crippen LogP contribution in [0.15, 0.2) is 18.2 Å². The van der Waals surface area contributed by atoms with Crippen molar-refractivity contribution in [2.75, 3.05) is 6.61 Å². The van der Waals surface area contributed by atoms with Crippen molar-refractivity contribution < 1.29 is 9.53 Å². The van der Waals surface area contributed by atoms with Crippen LogP contribution in [0.3, 0.4) is 0 Å². The molecule has 1 aromatic heterocycles. The molecule has 0 saturated carbocycles. The average Bonchev–Trinajstić information content (AvgIpc) is 2.68. The van der Waals surface area contributed by atoms with Crippen molar-refractivity contribution >= 4 is 16.7 Å². The molecule has 1 aliphatic rings. The van der Waals surface area contributed by atoms with E-state index in [-0.39, 0.29) is 5.78 Å². The van der Waals surface area contributed by atoms with Gasteiger partial charge in [-0.05, 0) is 38.0 Å². The minimum atomic E-state index is 0.256. The maximum atomic E-state index is 12.0. The first kappa shape index (κ1) is 10.4. The number of H-pyrrole nitrogens is 1. The van der Waals surface area contributed by atoms with Gasteiger partial charge in [-0.15, -0.1) is 0 Å². The molecule has 0 aliphatic heterocycles. The highest BCUT2D eigenvalue weighted by Gasteiger charge is 2.22. The first-order valence-electron chi connectivity index (χ1n) is 6.10. The molecule has 3 heteroatoms. The van der Waals surface area contributed by atoms with Crippen molar-refractivity contribution in [2.45, 2.75) is 26.2 Å². The summed E-state index contributed by atoms with van der Waals surface area (Å²) >= 11 is 0. The Labute approximate surface area is 99.8 Å². The Morgan fingerprint density at radius 1 is 1.35 bits per heavy atom. The standard InChI is InChI=1S/C14H15NO2/c1-2-17-9-6-7-11-10(8-9)14-12(15-11)4-3-5-13(14)16/h6-8,15H,2-5H2,1H3. The van der Waals surface area contributed by atoms with E-state index < -0.39 is 0 Å². The molecule has 3 rings (SSSR count). The van der Waals surface area contributed by atoms with Crippen LogP contribution in [0.4, 0.5) is 0 Å². The Hall–Kier alpha value is -1.77.